The molecular formula is C14H23N3O4. The predicted octanol–water partition coefficient (Wildman–Crippen LogP) is 0.526. The van der Waals surface area contributed by atoms with Crippen LogP contribution in [0.25, 0.3) is 0 Å². The average Bonchev–Trinajstić information content (AvgIpc) is 2.86. The molecule has 0 saturated heterocycles. The van der Waals surface area contributed by atoms with E-state index in [-0.39, 0.29) is 24.5 Å². The highest BCUT2D eigenvalue weighted by Gasteiger charge is 2.27. The molecule has 0 aromatic rings. The molecule has 0 radical (unpaired) electrons. The fraction of sp³-hybridized carbons (Fsp3) is 0.643. The Morgan fingerprint density at radius 3 is 2.43 bits per heavy atom. The molecule has 0 saturated carbocycles. The van der Waals surface area contributed by atoms with Crippen molar-refractivity contribution >= 4 is 17.9 Å². The van der Waals surface area contributed by atoms with Crippen molar-refractivity contribution in [2.45, 2.75) is 25.8 Å². The van der Waals surface area contributed by atoms with Crippen LogP contribution in [0.5, 0.6) is 0 Å². The van der Waals surface area contributed by atoms with Crippen molar-refractivity contribution in [3.63, 3.8) is 0 Å². The molecule has 7 heteroatoms. The van der Waals surface area contributed by atoms with Gasteiger partial charge in [0.15, 0.2) is 0 Å². The maximum absolute atomic E-state index is 12.2. The summed E-state index contributed by atoms with van der Waals surface area (Å²) < 4.78 is 0. The molecule has 1 aliphatic carbocycles. The molecule has 0 aromatic heterocycles. The van der Waals surface area contributed by atoms with Gasteiger partial charge >= 0.3 is 12.0 Å². The summed E-state index contributed by atoms with van der Waals surface area (Å²) in [6.07, 6.45) is 4.37. The average molecular weight is 297 g/mol. The summed E-state index contributed by atoms with van der Waals surface area (Å²) in [5, 5.41) is 11.7. The Hall–Kier alpha value is -2.05. The lowest BCUT2D eigenvalue weighted by Crippen LogP contribution is -2.48. The summed E-state index contributed by atoms with van der Waals surface area (Å²) in [5.74, 6) is -1.60. The summed E-state index contributed by atoms with van der Waals surface area (Å²) in [7, 11) is 3.28. The molecule has 0 aromatic carbocycles. The monoisotopic (exact) mass is 297 g/mol. The van der Waals surface area contributed by atoms with E-state index in [4.69, 9.17) is 5.11 Å². The molecule has 7 nitrogen and oxygen atoms in total. The van der Waals surface area contributed by atoms with Crippen LogP contribution >= 0.6 is 0 Å². The van der Waals surface area contributed by atoms with Gasteiger partial charge in [-0.3, -0.25) is 9.59 Å². The van der Waals surface area contributed by atoms with Crippen molar-refractivity contribution in [3.8, 4) is 0 Å². The molecule has 0 heterocycles. The fourth-order valence-electron chi connectivity index (χ4n) is 2.07. The van der Waals surface area contributed by atoms with Crippen LogP contribution in [-0.2, 0) is 9.59 Å². The first kappa shape index (κ1) is 17.0. The highest BCUT2D eigenvalue weighted by atomic mass is 16.4. The highest BCUT2D eigenvalue weighted by molar-refractivity contribution is 5.84. The van der Waals surface area contributed by atoms with Gasteiger partial charge in [-0.05, 0) is 12.8 Å². The third kappa shape index (κ3) is 5.09. The lowest BCUT2D eigenvalue weighted by Gasteiger charge is -2.25. The summed E-state index contributed by atoms with van der Waals surface area (Å²) in [4.78, 5) is 37.7. The van der Waals surface area contributed by atoms with Gasteiger partial charge in [0.1, 0.15) is 6.54 Å². The van der Waals surface area contributed by atoms with Crippen LogP contribution in [0.4, 0.5) is 4.79 Å². The molecule has 2 atom stereocenters. The normalized spacial score (nSPS) is 20.1. The number of carboxylic acids is 1. The molecule has 1 aliphatic rings. The molecule has 3 amide bonds. The van der Waals surface area contributed by atoms with Crippen LogP contribution in [-0.4, -0.2) is 66.0 Å². The van der Waals surface area contributed by atoms with E-state index in [1.165, 1.54) is 9.80 Å². The van der Waals surface area contributed by atoms with E-state index in [1.54, 1.807) is 26.2 Å². The van der Waals surface area contributed by atoms with Gasteiger partial charge in [-0.2, -0.15) is 0 Å². The lowest BCUT2D eigenvalue weighted by molar-refractivity contribution is -0.140. The zero-order valence-electron chi connectivity index (χ0n) is 12.7. The minimum absolute atomic E-state index is 0.0193. The molecule has 0 fully saturated rings. The minimum atomic E-state index is -0.892. The van der Waals surface area contributed by atoms with E-state index in [9.17, 15) is 14.4 Å². The van der Waals surface area contributed by atoms with Gasteiger partial charge in [-0.25, -0.2) is 4.79 Å². The van der Waals surface area contributed by atoms with Crippen LogP contribution < -0.4 is 5.32 Å². The summed E-state index contributed by atoms with van der Waals surface area (Å²) in [6.45, 7) is 2.42. The Morgan fingerprint density at radius 1 is 1.29 bits per heavy atom. The number of rotatable bonds is 6. The van der Waals surface area contributed by atoms with Crippen molar-refractivity contribution in [2.75, 3.05) is 27.2 Å². The third-order valence-corrected chi connectivity index (χ3v) is 3.32. The summed E-state index contributed by atoms with van der Waals surface area (Å²) in [6, 6.07) is -0.639. The summed E-state index contributed by atoms with van der Waals surface area (Å²) >= 11 is 0. The molecule has 2 unspecified atom stereocenters. The second kappa shape index (κ2) is 7.66. The van der Waals surface area contributed by atoms with Crippen LogP contribution in [0, 0.1) is 5.92 Å². The molecule has 0 aliphatic heterocycles. The maximum Gasteiger partial charge on any atom is 0.318 e. The Kier molecular flexibility index (Phi) is 6.20. The second-order valence-electron chi connectivity index (χ2n) is 5.33. The highest BCUT2D eigenvalue weighted by Crippen LogP contribution is 2.18. The first-order valence-corrected chi connectivity index (χ1v) is 7.01. The topological polar surface area (TPSA) is 90.0 Å². The van der Waals surface area contributed by atoms with Crippen LogP contribution in [0.2, 0.25) is 0 Å². The Morgan fingerprint density at radius 2 is 1.95 bits per heavy atom. The molecule has 21 heavy (non-hydrogen) atoms. The van der Waals surface area contributed by atoms with Gasteiger partial charge < -0.3 is 20.2 Å². The van der Waals surface area contributed by atoms with Gasteiger partial charge in [-0.15, -0.1) is 0 Å². The SMILES string of the molecule is CCCN(CC(=O)N(C)C)C(=O)NC1C=CC(C(=O)O)C1. The zero-order valence-corrected chi connectivity index (χ0v) is 12.7. The van der Waals surface area contributed by atoms with Crippen LogP contribution in [0.1, 0.15) is 19.8 Å². The van der Waals surface area contributed by atoms with Crippen LogP contribution in [0.15, 0.2) is 12.2 Å². The fourth-order valence-corrected chi connectivity index (χ4v) is 2.07. The first-order chi connectivity index (χ1) is 9.85. The number of carboxylic acid groups (broad SMARTS) is 1. The quantitative estimate of drug-likeness (QED) is 0.700. The molecule has 1 rings (SSSR count). The van der Waals surface area contributed by atoms with E-state index >= 15 is 0 Å². The van der Waals surface area contributed by atoms with E-state index in [2.05, 4.69) is 5.32 Å². The Balaban J connectivity index is 2.56. The van der Waals surface area contributed by atoms with Gasteiger partial charge in [0, 0.05) is 20.6 Å². The van der Waals surface area contributed by atoms with E-state index < -0.39 is 11.9 Å². The van der Waals surface area contributed by atoms with Crippen molar-refractivity contribution in [1.82, 2.24) is 15.1 Å². The maximum atomic E-state index is 12.2. The van der Waals surface area contributed by atoms with Gasteiger partial charge in [0.25, 0.3) is 0 Å². The zero-order chi connectivity index (χ0) is 16.0. The largest absolute Gasteiger partial charge is 0.481 e. The number of hydrogen-bond acceptors (Lipinski definition) is 3. The predicted molar refractivity (Wildman–Crippen MR) is 77.8 cm³/mol. The number of carbonyl (C=O) groups excluding carboxylic acids is 2. The molecular weight excluding hydrogens is 274 g/mol. The summed E-state index contributed by atoms with van der Waals surface area (Å²) in [5.41, 5.74) is 0. The van der Waals surface area contributed by atoms with E-state index in [0.717, 1.165) is 6.42 Å². The number of urea groups is 1. The van der Waals surface area contributed by atoms with Crippen LogP contribution in [0.3, 0.4) is 0 Å². The number of aliphatic carboxylic acids is 1. The Labute approximate surface area is 124 Å². The van der Waals surface area contributed by atoms with Gasteiger partial charge in [0.2, 0.25) is 5.91 Å². The second-order valence-corrected chi connectivity index (χ2v) is 5.33. The number of amides is 3. The Bertz CT molecular complexity index is 434. The van der Waals surface area contributed by atoms with Crippen molar-refractivity contribution < 1.29 is 19.5 Å². The number of nitrogens with zero attached hydrogens (tertiary/aromatic N) is 2. The number of hydrogen-bond donors (Lipinski definition) is 2. The van der Waals surface area contributed by atoms with Crippen molar-refractivity contribution in [3.05, 3.63) is 12.2 Å². The standard InChI is InChI=1S/C14H23N3O4/c1-4-7-17(9-12(18)16(2)3)14(21)15-11-6-5-10(8-11)13(19)20/h5-6,10-11H,4,7-9H2,1-3H3,(H,15,21)(H,19,20). The number of likely N-dealkylation sites (N-methyl/N-ethyl adjacent to an activating group) is 1. The first-order valence-electron chi connectivity index (χ1n) is 7.01. The van der Waals surface area contributed by atoms with Crippen molar-refractivity contribution in [1.29, 1.82) is 0 Å². The number of carbonyl (C=O) groups is 3. The smallest absolute Gasteiger partial charge is 0.318 e. The van der Waals surface area contributed by atoms with Gasteiger partial charge in [-0.1, -0.05) is 19.1 Å². The number of nitrogens with one attached hydrogen (secondary N) is 1. The van der Waals surface area contributed by atoms with Crippen molar-refractivity contribution in [2.24, 2.45) is 5.92 Å². The van der Waals surface area contributed by atoms with Gasteiger partial charge in [0.05, 0.1) is 12.0 Å². The molecule has 118 valence electrons. The third-order valence-electron chi connectivity index (χ3n) is 3.32. The lowest BCUT2D eigenvalue weighted by atomic mass is 10.1. The molecule has 0 spiro atoms. The van der Waals surface area contributed by atoms with E-state index in [1.807, 2.05) is 6.92 Å². The molecule has 0 bridgehead atoms. The minimum Gasteiger partial charge on any atom is -0.481 e. The molecule has 2 N–H and O–H groups in total. The van der Waals surface area contributed by atoms with E-state index in [0.29, 0.717) is 13.0 Å².